The third kappa shape index (κ3) is 5.65. The van der Waals surface area contributed by atoms with Gasteiger partial charge in [-0.25, -0.2) is 0 Å². The number of rotatable bonds is 3. The summed E-state index contributed by atoms with van der Waals surface area (Å²) in [6.07, 6.45) is 0. The Morgan fingerprint density at radius 1 is 0.609 bits per heavy atom. The molecule has 0 fully saturated rings. The molecule has 0 aliphatic carbocycles. The first-order valence-corrected chi connectivity index (χ1v) is 8.22. The van der Waals surface area contributed by atoms with Crippen LogP contribution in [0.1, 0.15) is 0 Å². The molecule has 0 radical (unpaired) electrons. The quantitative estimate of drug-likeness (QED) is 0.401. The third-order valence-corrected chi connectivity index (χ3v) is 5.49. The summed E-state index contributed by atoms with van der Waals surface area (Å²) in [6, 6.07) is 32.3. The zero-order valence-electron chi connectivity index (χ0n) is 12.3. The fraction of sp³-hybridized carbons (Fsp3) is 0. The van der Waals surface area contributed by atoms with Crippen LogP contribution in [0, 0.1) is 0 Å². The second kappa shape index (κ2) is 10.7. The van der Waals surface area contributed by atoms with Crippen LogP contribution in [-0.4, -0.2) is 6.47 Å². The number of carbonyl (C=O) groups is 1. The summed E-state index contributed by atoms with van der Waals surface area (Å²) >= 11 is 0. The molecule has 3 rings (SSSR count). The first-order chi connectivity index (χ1) is 10.9. The van der Waals surface area contributed by atoms with Crippen LogP contribution in [-0.2, 0) is 21.9 Å². The molecular weight excluding hydrogens is 355 g/mol. The van der Waals surface area contributed by atoms with Gasteiger partial charge in [0, 0.05) is 6.47 Å². The third-order valence-electron chi connectivity index (χ3n) is 3.04. The van der Waals surface area contributed by atoms with E-state index >= 15 is 0 Å². The summed E-state index contributed by atoms with van der Waals surface area (Å²) in [5, 5.41) is 12.4. The van der Waals surface area contributed by atoms with Gasteiger partial charge < -0.3 is 9.90 Å². The second-order valence-electron chi connectivity index (χ2n) is 4.44. The van der Waals surface area contributed by atoms with E-state index in [4.69, 9.17) is 9.90 Å². The normalized spacial score (nSPS) is 9.26. The van der Waals surface area contributed by atoms with Crippen molar-refractivity contribution >= 4 is 30.3 Å². The minimum Gasteiger partial charge on any atom is -0.554 e. The van der Waals surface area contributed by atoms with E-state index in [2.05, 4.69) is 91.0 Å². The molecule has 2 nitrogen and oxygen atoms in total. The molecule has 4 heteroatoms. The summed E-state index contributed by atoms with van der Waals surface area (Å²) in [5.41, 5.74) is 0. The molecular formula is C19H16CuO2P. The molecule has 0 spiro atoms. The van der Waals surface area contributed by atoms with Crippen molar-refractivity contribution in [1.29, 1.82) is 0 Å². The van der Waals surface area contributed by atoms with E-state index in [1.54, 1.807) is 0 Å². The molecule has 0 unspecified atom stereocenters. The zero-order valence-corrected chi connectivity index (χ0v) is 14.1. The van der Waals surface area contributed by atoms with Gasteiger partial charge in [-0.2, -0.15) is 0 Å². The van der Waals surface area contributed by atoms with Crippen molar-refractivity contribution in [2.45, 2.75) is 0 Å². The van der Waals surface area contributed by atoms with Crippen LogP contribution < -0.4 is 21.0 Å². The fourth-order valence-corrected chi connectivity index (χ4v) is 4.48. The van der Waals surface area contributed by atoms with E-state index in [1.165, 1.54) is 15.9 Å². The average Bonchev–Trinajstić information content (AvgIpc) is 2.59. The number of carbonyl (C=O) groups excluding carboxylic acids is 1. The first-order valence-electron chi connectivity index (χ1n) is 6.87. The number of carboxylic acid groups (broad SMARTS) is 1. The van der Waals surface area contributed by atoms with E-state index in [0.29, 0.717) is 0 Å². The minimum atomic E-state index is -0.500. The Bertz CT molecular complexity index is 582. The van der Waals surface area contributed by atoms with Gasteiger partial charge in [0.05, 0.1) is 0 Å². The molecule has 0 aliphatic heterocycles. The molecule has 0 bridgehead atoms. The van der Waals surface area contributed by atoms with Gasteiger partial charge in [0.2, 0.25) is 0 Å². The van der Waals surface area contributed by atoms with Gasteiger partial charge in [-0.3, -0.25) is 0 Å². The van der Waals surface area contributed by atoms with Crippen LogP contribution in [0.15, 0.2) is 91.0 Å². The second-order valence-corrected chi connectivity index (χ2v) is 6.66. The Labute approximate surface area is 148 Å². The maximum absolute atomic E-state index is 8.25. The average molecular weight is 371 g/mol. The molecule has 0 saturated carbocycles. The molecule has 0 saturated heterocycles. The maximum atomic E-state index is 8.25. The van der Waals surface area contributed by atoms with Crippen LogP contribution in [0.5, 0.6) is 0 Å². The largest absolute Gasteiger partial charge is 1.00 e. The number of hydrogen-bond donors (Lipinski definition) is 0. The maximum Gasteiger partial charge on any atom is 1.00 e. The standard InChI is InChI=1S/C18H15P.CH2O2.Cu/c1-4-10-16(11-5-1)19(17-12-6-2-7-13-17)18-14-8-3-9-15-18;2-1-3;/h1-15H;1H,(H,2,3);/q;;+1/p-1. The van der Waals surface area contributed by atoms with Gasteiger partial charge in [-0.1, -0.05) is 91.0 Å². The summed E-state index contributed by atoms with van der Waals surface area (Å²) in [7, 11) is -0.446. The van der Waals surface area contributed by atoms with Gasteiger partial charge in [0.1, 0.15) is 0 Å². The summed E-state index contributed by atoms with van der Waals surface area (Å²) < 4.78 is 0. The van der Waals surface area contributed by atoms with Crippen molar-refractivity contribution in [1.82, 2.24) is 0 Å². The molecule has 0 aliphatic rings. The van der Waals surface area contributed by atoms with Crippen molar-refractivity contribution in [3.8, 4) is 0 Å². The molecule has 0 aromatic heterocycles. The van der Waals surface area contributed by atoms with E-state index in [0.717, 1.165) is 0 Å². The smallest absolute Gasteiger partial charge is 0.554 e. The molecule has 23 heavy (non-hydrogen) atoms. The van der Waals surface area contributed by atoms with Gasteiger partial charge >= 0.3 is 17.1 Å². The van der Waals surface area contributed by atoms with Crippen molar-refractivity contribution in [3.05, 3.63) is 91.0 Å². The predicted molar refractivity (Wildman–Crippen MR) is 91.2 cm³/mol. The van der Waals surface area contributed by atoms with Gasteiger partial charge in [0.15, 0.2) is 0 Å². The Hall–Kier alpha value is -1.92. The predicted octanol–water partition coefficient (Wildman–Crippen LogP) is 1.81. The van der Waals surface area contributed by atoms with E-state index in [1.807, 2.05) is 0 Å². The SMILES string of the molecule is O=C[O-].[Cu+].c1ccc(P(c2ccccc2)c2ccccc2)cc1. The Balaban J connectivity index is 0.000000615. The van der Waals surface area contributed by atoms with E-state index in [9.17, 15) is 0 Å². The summed E-state index contributed by atoms with van der Waals surface area (Å²) in [4.78, 5) is 8.25. The van der Waals surface area contributed by atoms with Crippen LogP contribution in [0.3, 0.4) is 0 Å². The van der Waals surface area contributed by atoms with Crippen molar-refractivity contribution in [2.24, 2.45) is 0 Å². The molecule has 0 atom stereocenters. The molecule has 3 aromatic carbocycles. The molecule has 0 amide bonds. The zero-order chi connectivity index (χ0) is 15.6. The fourth-order valence-electron chi connectivity index (χ4n) is 2.18. The van der Waals surface area contributed by atoms with E-state index in [-0.39, 0.29) is 17.1 Å². The van der Waals surface area contributed by atoms with Crippen molar-refractivity contribution in [3.63, 3.8) is 0 Å². The minimum absolute atomic E-state index is 0. The molecule has 120 valence electrons. The first kappa shape index (κ1) is 19.1. The molecule has 0 N–H and O–H groups in total. The Kier molecular flexibility index (Phi) is 8.94. The van der Waals surface area contributed by atoms with Crippen molar-refractivity contribution < 1.29 is 27.0 Å². The monoisotopic (exact) mass is 370 g/mol. The Morgan fingerprint density at radius 2 is 0.826 bits per heavy atom. The summed E-state index contributed by atoms with van der Waals surface area (Å²) in [5.74, 6) is 0. The van der Waals surface area contributed by atoms with Gasteiger partial charge in [0.25, 0.3) is 0 Å². The Morgan fingerprint density at radius 3 is 1.04 bits per heavy atom. The number of hydrogen-bond acceptors (Lipinski definition) is 2. The molecule has 3 aromatic rings. The van der Waals surface area contributed by atoms with Gasteiger partial charge in [-0.15, -0.1) is 0 Å². The van der Waals surface area contributed by atoms with Crippen LogP contribution in [0.2, 0.25) is 0 Å². The van der Waals surface area contributed by atoms with Crippen LogP contribution in [0.4, 0.5) is 0 Å². The topological polar surface area (TPSA) is 40.1 Å². The summed E-state index contributed by atoms with van der Waals surface area (Å²) in [6.45, 7) is -0.500. The van der Waals surface area contributed by atoms with Crippen LogP contribution >= 0.6 is 7.92 Å². The van der Waals surface area contributed by atoms with Crippen LogP contribution in [0.25, 0.3) is 0 Å². The van der Waals surface area contributed by atoms with Crippen molar-refractivity contribution in [2.75, 3.05) is 0 Å². The van der Waals surface area contributed by atoms with Gasteiger partial charge in [-0.05, 0) is 23.8 Å². The molecule has 0 heterocycles. The van der Waals surface area contributed by atoms with E-state index < -0.39 is 14.4 Å². The number of benzene rings is 3.